The fourth-order valence-corrected chi connectivity index (χ4v) is 4.58. The number of carbonyl (C=O) groups excluding carboxylic acids is 1. The number of aliphatic hydroxyl groups is 1. The van der Waals surface area contributed by atoms with Crippen LogP contribution in [0.2, 0.25) is 4.34 Å². The van der Waals surface area contributed by atoms with Crippen molar-refractivity contribution in [2.24, 2.45) is 5.92 Å². The van der Waals surface area contributed by atoms with Crippen LogP contribution in [0, 0.1) is 5.92 Å². The van der Waals surface area contributed by atoms with Crippen molar-refractivity contribution >= 4 is 34.0 Å². The van der Waals surface area contributed by atoms with E-state index in [0.29, 0.717) is 21.1 Å². The smallest absolute Gasteiger partial charge is 0.249 e. The van der Waals surface area contributed by atoms with Crippen molar-refractivity contribution < 1.29 is 9.90 Å². The van der Waals surface area contributed by atoms with Crippen molar-refractivity contribution in [1.82, 2.24) is 9.88 Å². The summed E-state index contributed by atoms with van der Waals surface area (Å²) >= 11 is 7.20. The average molecular weight is 424 g/mol. The van der Waals surface area contributed by atoms with E-state index in [2.05, 4.69) is 30.7 Å². The van der Waals surface area contributed by atoms with Crippen LogP contribution in [-0.2, 0) is 4.79 Å². The minimum Gasteiger partial charge on any atom is -0.392 e. The molecule has 1 amide bonds. The van der Waals surface area contributed by atoms with Crippen molar-refractivity contribution in [3.8, 4) is 0 Å². The van der Waals surface area contributed by atoms with Gasteiger partial charge >= 0.3 is 0 Å². The maximum absolute atomic E-state index is 13.2. The molecule has 1 aliphatic heterocycles. The lowest BCUT2D eigenvalue weighted by Gasteiger charge is -2.37. The summed E-state index contributed by atoms with van der Waals surface area (Å²) in [6, 6.07) is -0.397. The molecule has 28 heavy (non-hydrogen) atoms. The van der Waals surface area contributed by atoms with Crippen molar-refractivity contribution in [1.29, 1.82) is 0 Å². The molecule has 1 aliphatic rings. The highest BCUT2D eigenvalue weighted by atomic mass is 35.5. The second-order valence-corrected chi connectivity index (χ2v) is 8.84. The van der Waals surface area contributed by atoms with Gasteiger partial charge in [-0.3, -0.25) is 4.79 Å². The van der Waals surface area contributed by atoms with Gasteiger partial charge in [-0.2, -0.15) is 0 Å². The molecule has 0 fully saturated rings. The number of nitrogens with zero attached hydrogens (tertiary/aromatic N) is 2. The van der Waals surface area contributed by atoms with E-state index in [-0.39, 0.29) is 12.5 Å². The van der Waals surface area contributed by atoms with Crippen LogP contribution in [0.4, 0.5) is 5.13 Å². The Bertz CT molecular complexity index is 751. The summed E-state index contributed by atoms with van der Waals surface area (Å²) in [6.45, 7) is 10.4. The molecule has 1 aromatic rings. The Hall–Kier alpha value is -1.63. The number of anilines is 1. The topological polar surface area (TPSA) is 65.5 Å². The Morgan fingerprint density at radius 2 is 2.04 bits per heavy atom. The Morgan fingerprint density at radius 3 is 2.54 bits per heavy atom. The van der Waals surface area contributed by atoms with E-state index in [4.69, 9.17) is 11.6 Å². The van der Waals surface area contributed by atoms with Crippen molar-refractivity contribution in [2.75, 3.05) is 11.9 Å². The first kappa shape index (κ1) is 22.7. The maximum Gasteiger partial charge on any atom is 0.249 e. The fraction of sp³-hybridized carbons (Fsp3) is 0.524. The van der Waals surface area contributed by atoms with Crippen LogP contribution in [0.1, 0.15) is 52.9 Å². The van der Waals surface area contributed by atoms with Crippen LogP contribution in [0.5, 0.6) is 0 Å². The normalized spacial score (nSPS) is 15.5. The lowest BCUT2D eigenvalue weighted by atomic mass is 9.89. The molecule has 2 heterocycles. The molecule has 1 atom stereocenters. The molecule has 0 saturated carbocycles. The largest absolute Gasteiger partial charge is 0.392 e. The van der Waals surface area contributed by atoms with Gasteiger partial charge in [0.05, 0.1) is 12.8 Å². The van der Waals surface area contributed by atoms with Gasteiger partial charge in [0.25, 0.3) is 0 Å². The zero-order chi connectivity index (χ0) is 20.7. The van der Waals surface area contributed by atoms with E-state index in [1.165, 1.54) is 17.5 Å². The fourth-order valence-electron chi connectivity index (χ4n) is 3.77. The second kappa shape index (κ2) is 10.8. The number of nitrogens with one attached hydrogen (secondary N) is 1. The molecule has 154 valence electrons. The van der Waals surface area contributed by atoms with Gasteiger partial charge in [0.2, 0.25) is 5.91 Å². The highest BCUT2D eigenvalue weighted by Gasteiger charge is 2.32. The molecule has 2 N–H and O–H groups in total. The Balaban J connectivity index is 2.29. The molecule has 0 aliphatic carbocycles. The first-order valence-electron chi connectivity index (χ1n) is 9.79. The summed E-state index contributed by atoms with van der Waals surface area (Å²) in [7, 11) is 0. The van der Waals surface area contributed by atoms with Crippen LogP contribution in [0.25, 0.3) is 0 Å². The first-order chi connectivity index (χ1) is 13.4. The Labute approximate surface area is 176 Å². The number of hydrogen-bond donors (Lipinski definition) is 2. The van der Waals surface area contributed by atoms with Gasteiger partial charge in [0.1, 0.15) is 10.4 Å². The minimum absolute atomic E-state index is 0.0486. The lowest BCUT2D eigenvalue weighted by Crippen LogP contribution is -2.44. The third kappa shape index (κ3) is 5.93. The van der Waals surface area contributed by atoms with Gasteiger partial charge < -0.3 is 15.3 Å². The van der Waals surface area contributed by atoms with Crippen LogP contribution in [0.3, 0.4) is 0 Å². The summed E-state index contributed by atoms with van der Waals surface area (Å²) in [5.41, 5.74) is 2.41. The van der Waals surface area contributed by atoms with E-state index >= 15 is 0 Å². The molecule has 0 saturated heterocycles. The number of carbonyl (C=O) groups is 1. The third-order valence-electron chi connectivity index (χ3n) is 4.89. The van der Waals surface area contributed by atoms with Crippen LogP contribution in [0.15, 0.2) is 41.9 Å². The molecular weight excluding hydrogens is 394 g/mol. The number of hydrogen-bond acceptors (Lipinski definition) is 5. The number of aliphatic hydroxyl groups excluding tert-OH is 1. The van der Waals surface area contributed by atoms with Crippen LogP contribution < -0.4 is 5.32 Å². The molecule has 5 nitrogen and oxygen atoms in total. The van der Waals surface area contributed by atoms with Gasteiger partial charge in [0.15, 0.2) is 5.13 Å². The SMILES string of the molecule is C=C1C=C(CO)C=C(C)N1C(CC(CCC)CCC)C(=O)Nc1ncc(Cl)s1. The zero-order valence-electron chi connectivity index (χ0n) is 16.9. The highest BCUT2D eigenvalue weighted by Crippen LogP contribution is 2.31. The van der Waals surface area contributed by atoms with Gasteiger partial charge in [0, 0.05) is 11.4 Å². The molecule has 7 heteroatoms. The Kier molecular flexibility index (Phi) is 8.73. The average Bonchev–Trinajstić information content (AvgIpc) is 3.05. The maximum atomic E-state index is 13.2. The van der Waals surface area contributed by atoms with E-state index in [9.17, 15) is 9.90 Å². The van der Waals surface area contributed by atoms with E-state index in [0.717, 1.165) is 43.4 Å². The molecule has 0 bridgehead atoms. The van der Waals surface area contributed by atoms with Gasteiger partial charge in [-0.1, -0.05) is 69.0 Å². The molecule has 2 rings (SSSR count). The first-order valence-corrected chi connectivity index (χ1v) is 11.0. The van der Waals surface area contributed by atoms with Crippen LogP contribution in [-0.4, -0.2) is 33.5 Å². The molecule has 0 radical (unpaired) electrons. The lowest BCUT2D eigenvalue weighted by molar-refractivity contribution is -0.120. The number of amides is 1. The van der Waals surface area contributed by atoms with E-state index in [1.807, 2.05) is 24.0 Å². The zero-order valence-corrected chi connectivity index (χ0v) is 18.4. The standard InChI is InChI=1S/C21H30ClN3O2S/c1-5-7-16(8-6-2)11-18(20(27)24-21-23-12-19(22)28-21)25-14(3)9-17(13-26)10-15(25)4/h9-10,12,16,18,26H,3,5-8,11,13H2,1-2,4H3,(H,23,24,27). The molecule has 0 spiro atoms. The molecule has 1 unspecified atom stereocenters. The second-order valence-electron chi connectivity index (χ2n) is 7.18. The summed E-state index contributed by atoms with van der Waals surface area (Å²) in [5, 5.41) is 12.9. The van der Waals surface area contributed by atoms with E-state index in [1.54, 1.807) is 0 Å². The van der Waals surface area contributed by atoms with E-state index < -0.39 is 6.04 Å². The number of allylic oxidation sites excluding steroid dienone is 2. The minimum atomic E-state index is -0.397. The predicted molar refractivity (Wildman–Crippen MR) is 117 cm³/mol. The summed E-state index contributed by atoms with van der Waals surface area (Å²) in [6.07, 6.45) is 10.4. The summed E-state index contributed by atoms with van der Waals surface area (Å²) in [5.74, 6) is 0.340. The highest BCUT2D eigenvalue weighted by molar-refractivity contribution is 7.19. The monoisotopic (exact) mass is 423 g/mol. The van der Waals surface area contributed by atoms with Gasteiger partial charge in [-0.25, -0.2) is 4.98 Å². The number of thiazole rings is 1. The van der Waals surface area contributed by atoms with Gasteiger partial charge in [-0.05, 0) is 37.0 Å². The van der Waals surface area contributed by atoms with Gasteiger partial charge in [-0.15, -0.1) is 0 Å². The number of rotatable bonds is 10. The Morgan fingerprint density at radius 1 is 1.36 bits per heavy atom. The summed E-state index contributed by atoms with van der Waals surface area (Å²) in [4.78, 5) is 19.4. The molecular formula is C21H30ClN3O2S. The van der Waals surface area contributed by atoms with Crippen molar-refractivity contribution in [2.45, 2.75) is 58.9 Å². The molecule has 1 aromatic heterocycles. The van der Waals surface area contributed by atoms with Crippen LogP contribution >= 0.6 is 22.9 Å². The van der Waals surface area contributed by atoms with Crippen molar-refractivity contribution in [3.05, 3.63) is 46.2 Å². The number of halogens is 1. The summed E-state index contributed by atoms with van der Waals surface area (Å²) < 4.78 is 0.538. The number of aromatic nitrogens is 1. The van der Waals surface area contributed by atoms with Crippen molar-refractivity contribution in [3.63, 3.8) is 0 Å². The predicted octanol–water partition coefficient (Wildman–Crippen LogP) is 5.36. The quantitative estimate of drug-likeness (QED) is 0.531. The molecule has 0 aromatic carbocycles. The third-order valence-corrected chi connectivity index (χ3v) is 5.92.